The Labute approximate surface area is 94.0 Å². The quantitative estimate of drug-likeness (QED) is 0.855. The van der Waals surface area contributed by atoms with Crippen LogP contribution in [0.1, 0.15) is 12.1 Å². The lowest BCUT2D eigenvalue weighted by molar-refractivity contribution is -0.142. The molecular formula is C8H8BrClN2O2. The van der Waals surface area contributed by atoms with Crippen molar-refractivity contribution in [2.45, 2.75) is 19.4 Å². The number of nitrogens with zero attached hydrogens (tertiary/aromatic N) is 2. The topological polar surface area (TPSA) is 55.1 Å². The number of hydrogen-bond donors (Lipinski definition) is 1. The van der Waals surface area contributed by atoms with Crippen molar-refractivity contribution >= 4 is 33.5 Å². The van der Waals surface area contributed by atoms with Gasteiger partial charge in [0.1, 0.15) is 0 Å². The number of imidazole rings is 1. The summed E-state index contributed by atoms with van der Waals surface area (Å²) >= 11 is 9.13. The summed E-state index contributed by atoms with van der Waals surface area (Å²) in [5.41, 5.74) is 0.927. The Kier molecular flexibility index (Phi) is 2.53. The van der Waals surface area contributed by atoms with Crippen LogP contribution in [0, 0.1) is 5.92 Å². The molecule has 4 nitrogen and oxygen atoms in total. The number of halogens is 2. The second-order valence-electron chi connectivity index (χ2n) is 3.30. The SMILES string of the molecule is O=C(O)C1CCc2c(Cl)nc(Br)n2C1. The lowest BCUT2D eigenvalue weighted by Crippen LogP contribution is -2.26. The van der Waals surface area contributed by atoms with Gasteiger partial charge < -0.3 is 9.67 Å². The molecule has 2 heterocycles. The predicted octanol–water partition coefficient (Wildman–Crippen LogP) is 1.95. The molecular weight excluding hydrogens is 271 g/mol. The third-order valence-electron chi connectivity index (χ3n) is 2.46. The first-order chi connectivity index (χ1) is 6.59. The molecule has 1 aliphatic rings. The molecule has 6 heteroatoms. The fourth-order valence-electron chi connectivity index (χ4n) is 1.68. The minimum atomic E-state index is -0.757. The molecule has 0 bridgehead atoms. The van der Waals surface area contributed by atoms with E-state index in [2.05, 4.69) is 20.9 Å². The van der Waals surface area contributed by atoms with E-state index < -0.39 is 5.97 Å². The summed E-state index contributed by atoms with van der Waals surface area (Å²) in [6.45, 7) is 0.449. The summed E-state index contributed by atoms with van der Waals surface area (Å²) in [4.78, 5) is 14.8. The third kappa shape index (κ3) is 1.54. The van der Waals surface area contributed by atoms with E-state index in [4.69, 9.17) is 16.7 Å². The van der Waals surface area contributed by atoms with Crippen LogP contribution < -0.4 is 0 Å². The lowest BCUT2D eigenvalue weighted by atomic mass is 9.99. The third-order valence-corrected chi connectivity index (χ3v) is 3.37. The summed E-state index contributed by atoms with van der Waals surface area (Å²) in [6.07, 6.45) is 1.31. The van der Waals surface area contributed by atoms with Gasteiger partial charge in [-0.1, -0.05) is 11.6 Å². The molecule has 0 radical (unpaired) electrons. The second-order valence-corrected chi connectivity index (χ2v) is 4.37. The van der Waals surface area contributed by atoms with Crippen LogP contribution >= 0.6 is 27.5 Å². The van der Waals surface area contributed by atoms with E-state index in [9.17, 15) is 4.79 Å². The van der Waals surface area contributed by atoms with Crippen LogP contribution in [0.2, 0.25) is 5.15 Å². The molecule has 2 rings (SSSR count). The van der Waals surface area contributed by atoms with Crippen LogP contribution in [0.15, 0.2) is 4.73 Å². The number of rotatable bonds is 1. The van der Waals surface area contributed by atoms with Gasteiger partial charge in [-0.3, -0.25) is 4.79 Å². The molecule has 76 valence electrons. The summed E-state index contributed by atoms with van der Waals surface area (Å²) in [5, 5.41) is 9.35. The lowest BCUT2D eigenvalue weighted by Gasteiger charge is -2.21. The van der Waals surface area contributed by atoms with Gasteiger partial charge in [-0.15, -0.1) is 0 Å². The van der Waals surface area contributed by atoms with Gasteiger partial charge in [0.15, 0.2) is 9.89 Å². The number of carboxylic acid groups (broad SMARTS) is 1. The highest BCUT2D eigenvalue weighted by Crippen LogP contribution is 2.29. The van der Waals surface area contributed by atoms with Crippen LogP contribution in [0.3, 0.4) is 0 Å². The molecule has 1 aromatic heterocycles. The zero-order chi connectivity index (χ0) is 10.3. The maximum Gasteiger partial charge on any atom is 0.308 e. The van der Waals surface area contributed by atoms with E-state index in [1.54, 1.807) is 0 Å². The zero-order valence-electron chi connectivity index (χ0n) is 7.20. The zero-order valence-corrected chi connectivity index (χ0v) is 9.55. The van der Waals surface area contributed by atoms with Crippen LogP contribution in [0.25, 0.3) is 0 Å². The molecule has 14 heavy (non-hydrogen) atoms. The van der Waals surface area contributed by atoms with Gasteiger partial charge in [0.05, 0.1) is 11.6 Å². The van der Waals surface area contributed by atoms with E-state index in [-0.39, 0.29) is 5.92 Å². The Bertz CT molecular complexity index is 391. The number of aromatic nitrogens is 2. The maximum atomic E-state index is 10.8. The fraction of sp³-hybridized carbons (Fsp3) is 0.500. The van der Waals surface area contributed by atoms with Crippen molar-refractivity contribution in [3.05, 3.63) is 15.6 Å². The van der Waals surface area contributed by atoms with Crippen LogP contribution in [0.5, 0.6) is 0 Å². The maximum absolute atomic E-state index is 10.8. The van der Waals surface area contributed by atoms with Gasteiger partial charge in [-0.25, -0.2) is 4.98 Å². The summed E-state index contributed by atoms with van der Waals surface area (Å²) < 4.78 is 2.44. The Morgan fingerprint density at radius 3 is 3.07 bits per heavy atom. The van der Waals surface area contributed by atoms with Crippen molar-refractivity contribution in [1.29, 1.82) is 0 Å². The average Bonchev–Trinajstić information content (AvgIpc) is 2.42. The molecule has 0 fully saturated rings. The average molecular weight is 280 g/mol. The number of carboxylic acids is 1. The number of fused-ring (bicyclic) bond motifs is 1. The van der Waals surface area contributed by atoms with Gasteiger partial charge in [0.2, 0.25) is 0 Å². The predicted molar refractivity (Wildman–Crippen MR) is 54.4 cm³/mol. The van der Waals surface area contributed by atoms with Crippen molar-refractivity contribution in [2.75, 3.05) is 0 Å². The van der Waals surface area contributed by atoms with E-state index >= 15 is 0 Å². The van der Waals surface area contributed by atoms with Gasteiger partial charge in [-0.2, -0.15) is 0 Å². The van der Waals surface area contributed by atoms with E-state index in [0.717, 1.165) is 5.69 Å². The Morgan fingerprint density at radius 1 is 1.71 bits per heavy atom. The normalized spacial score (nSPS) is 20.6. The molecule has 0 amide bonds. The fourth-order valence-corrected chi connectivity index (χ4v) is 2.59. The van der Waals surface area contributed by atoms with E-state index in [1.165, 1.54) is 0 Å². The number of hydrogen-bond acceptors (Lipinski definition) is 2. The number of aliphatic carboxylic acids is 1. The Balaban J connectivity index is 2.34. The van der Waals surface area contributed by atoms with Crippen molar-refractivity contribution in [3.8, 4) is 0 Å². The molecule has 1 atom stereocenters. The highest BCUT2D eigenvalue weighted by atomic mass is 79.9. The Morgan fingerprint density at radius 2 is 2.43 bits per heavy atom. The van der Waals surface area contributed by atoms with Gasteiger partial charge >= 0.3 is 5.97 Å². The molecule has 0 aliphatic carbocycles. The molecule has 1 N–H and O–H groups in total. The van der Waals surface area contributed by atoms with Crippen LogP contribution in [-0.2, 0) is 17.8 Å². The van der Waals surface area contributed by atoms with Crippen molar-refractivity contribution < 1.29 is 9.90 Å². The molecule has 1 aromatic rings. The molecule has 0 spiro atoms. The first-order valence-electron chi connectivity index (χ1n) is 4.23. The van der Waals surface area contributed by atoms with Crippen LogP contribution in [0.4, 0.5) is 0 Å². The highest BCUT2D eigenvalue weighted by Gasteiger charge is 2.27. The van der Waals surface area contributed by atoms with Crippen molar-refractivity contribution in [2.24, 2.45) is 5.92 Å². The highest BCUT2D eigenvalue weighted by molar-refractivity contribution is 9.10. The standard InChI is InChI=1S/C8H8BrClN2O2/c9-8-11-6(10)5-2-1-4(7(13)14)3-12(5)8/h4H,1-3H2,(H,13,14). The molecule has 0 saturated carbocycles. The molecule has 0 saturated heterocycles. The minimum absolute atomic E-state index is 0.330. The van der Waals surface area contributed by atoms with Crippen molar-refractivity contribution in [1.82, 2.24) is 9.55 Å². The van der Waals surface area contributed by atoms with Gasteiger partial charge in [0, 0.05) is 6.54 Å². The summed E-state index contributed by atoms with van der Waals surface area (Å²) in [7, 11) is 0. The first-order valence-corrected chi connectivity index (χ1v) is 5.40. The van der Waals surface area contributed by atoms with E-state index in [1.807, 2.05) is 4.57 Å². The largest absolute Gasteiger partial charge is 0.481 e. The van der Waals surface area contributed by atoms with E-state index in [0.29, 0.717) is 29.3 Å². The van der Waals surface area contributed by atoms with Crippen molar-refractivity contribution in [3.63, 3.8) is 0 Å². The second kappa shape index (κ2) is 3.55. The monoisotopic (exact) mass is 278 g/mol. The number of carbonyl (C=O) groups is 1. The molecule has 0 aromatic carbocycles. The summed E-state index contributed by atoms with van der Waals surface area (Å²) in [6, 6.07) is 0. The Hall–Kier alpha value is -0.550. The molecule has 1 unspecified atom stereocenters. The molecule has 1 aliphatic heterocycles. The minimum Gasteiger partial charge on any atom is -0.481 e. The smallest absolute Gasteiger partial charge is 0.308 e. The van der Waals surface area contributed by atoms with Gasteiger partial charge in [-0.05, 0) is 28.8 Å². The van der Waals surface area contributed by atoms with Crippen LogP contribution in [-0.4, -0.2) is 20.6 Å². The van der Waals surface area contributed by atoms with Gasteiger partial charge in [0.25, 0.3) is 0 Å². The first kappa shape index (κ1) is 9.98. The summed E-state index contributed by atoms with van der Waals surface area (Å²) in [5.74, 6) is -1.09.